The molecule has 26 heavy (non-hydrogen) atoms. The third kappa shape index (κ3) is 3.74. The molecule has 0 saturated heterocycles. The number of H-pyrrole nitrogens is 1. The van der Waals surface area contributed by atoms with E-state index in [1.165, 1.54) is 19.8 Å². The number of hydrogen-bond donors (Lipinski definition) is 3. The Kier molecular flexibility index (Phi) is 4.39. The number of nitrogens with one attached hydrogen (secondary N) is 3. The first-order valence-electron chi connectivity index (χ1n) is 8.81. The molecule has 4 rings (SSSR count). The van der Waals surface area contributed by atoms with E-state index in [1.54, 1.807) is 0 Å². The van der Waals surface area contributed by atoms with Crippen LogP contribution >= 0.6 is 0 Å². The number of hydrogen-bond acceptors (Lipinski definition) is 4. The van der Waals surface area contributed by atoms with E-state index in [9.17, 15) is 4.79 Å². The van der Waals surface area contributed by atoms with Gasteiger partial charge in [0.2, 0.25) is 5.91 Å². The second-order valence-corrected chi connectivity index (χ2v) is 6.59. The van der Waals surface area contributed by atoms with Crippen molar-refractivity contribution in [2.45, 2.75) is 32.2 Å². The van der Waals surface area contributed by atoms with Crippen molar-refractivity contribution in [2.75, 3.05) is 10.6 Å². The summed E-state index contributed by atoms with van der Waals surface area (Å²) in [6, 6.07) is 15.8. The number of amides is 1. The van der Waals surface area contributed by atoms with E-state index in [2.05, 4.69) is 25.8 Å². The van der Waals surface area contributed by atoms with E-state index in [0.717, 1.165) is 34.2 Å². The predicted octanol–water partition coefficient (Wildman–Crippen LogP) is 3.92. The molecule has 0 atom stereocenters. The summed E-state index contributed by atoms with van der Waals surface area (Å²) < 4.78 is 0. The largest absolute Gasteiger partial charge is 0.381 e. The maximum atomic E-state index is 11.3. The van der Waals surface area contributed by atoms with Crippen molar-refractivity contribution in [3.63, 3.8) is 0 Å². The molecule has 1 aliphatic rings. The Labute approximate surface area is 152 Å². The van der Waals surface area contributed by atoms with Gasteiger partial charge in [0.25, 0.3) is 0 Å². The number of aromatic amines is 1. The average Bonchev–Trinajstić information content (AvgIpc) is 3.38. The summed E-state index contributed by atoms with van der Waals surface area (Å²) in [6.07, 6.45) is 2.40. The molecule has 3 N–H and O–H groups in total. The van der Waals surface area contributed by atoms with Crippen molar-refractivity contribution in [3.8, 4) is 11.4 Å². The second-order valence-electron chi connectivity index (χ2n) is 6.59. The monoisotopic (exact) mass is 347 g/mol. The summed E-state index contributed by atoms with van der Waals surface area (Å²) in [5.41, 5.74) is 3.82. The fraction of sp³-hybridized carbons (Fsp3) is 0.250. The molecule has 3 aromatic rings. The van der Waals surface area contributed by atoms with Gasteiger partial charge in [-0.1, -0.05) is 30.3 Å². The lowest BCUT2D eigenvalue weighted by Gasteiger charge is -2.12. The van der Waals surface area contributed by atoms with Crippen LogP contribution < -0.4 is 10.6 Å². The van der Waals surface area contributed by atoms with Gasteiger partial charge in [-0.25, -0.2) is 4.98 Å². The maximum Gasteiger partial charge on any atom is 0.221 e. The third-order valence-electron chi connectivity index (χ3n) is 4.40. The fourth-order valence-corrected chi connectivity index (χ4v) is 2.89. The van der Waals surface area contributed by atoms with Gasteiger partial charge in [0.1, 0.15) is 5.82 Å². The van der Waals surface area contributed by atoms with Crippen LogP contribution in [0, 0.1) is 0 Å². The number of para-hydroxylation sites is 1. The molecule has 132 valence electrons. The minimum Gasteiger partial charge on any atom is -0.381 e. The normalized spacial score (nSPS) is 13.4. The van der Waals surface area contributed by atoms with Crippen molar-refractivity contribution in [3.05, 3.63) is 59.9 Å². The molecule has 0 aliphatic heterocycles. The van der Waals surface area contributed by atoms with Crippen LogP contribution in [-0.2, 0) is 11.3 Å². The molecule has 0 radical (unpaired) electrons. The van der Waals surface area contributed by atoms with Crippen LogP contribution in [-0.4, -0.2) is 21.1 Å². The molecular formula is C20H21N5O. The van der Waals surface area contributed by atoms with Crippen molar-refractivity contribution in [1.29, 1.82) is 0 Å². The summed E-state index contributed by atoms with van der Waals surface area (Å²) >= 11 is 0. The van der Waals surface area contributed by atoms with Crippen molar-refractivity contribution < 1.29 is 4.79 Å². The second kappa shape index (κ2) is 7.00. The topological polar surface area (TPSA) is 82.7 Å². The molecule has 2 aromatic carbocycles. The lowest BCUT2D eigenvalue weighted by Crippen LogP contribution is -2.10. The van der Waals surface area contributed by atoms with Gasteiger partial charge in [-0.2, -0.15) is 5.10 Å². The predicted molar refractivity (Wildman–Crippen MR) is 102 cm³/mol. The Balaban J connectivity index is 1.48. The van der Waals surface area contributed by atoms with Gasteiger partial charge in [-0.3, -0.25) is 9.89 Å². The van der Waals surface area contributed by atoms with Crippen LogP contribution in [0.1, 0.15) is 37.1 Å². The first kappa shape index (κ1) is 16.3. The number of rotatable bonds is 6. The highest BCUT2D eigenvalue weighted by Gasteiger charge is 2.27. The van der Waals surface area contributed by atoms with Crippen LogP contribution in [0.5, 0.6) is 0 Å². The van der Waals surface area contributed by atoms with E-state index in [-0.39, 0.29) is 5.91 Å². The first-order valence-corrected chi connectivity index (χ1v) is 8.81. The van der Waals surface area contributed by atoms with E-state index in [4.69, 9.17) is 0 Å². The summed E-state index contributed by atoms with van der Waals surface area (Å²) in [5.74, 6) is 2.20. The van der Waals surface area contributed by atoms with Crippen LogP contribution in [0.25, 0.3) is 11.4 Å². The highest BCUT2D eigenvalue weighted by Crippen LogP contribution is 2.38. The Hall–Kier alpha value is -3.15. The smallest absolute Gasteiger partial charge is 0.221 e. The van der Waals surface area contributed by atoms with Crippen LogP contribution in [0.2, 0.25) is 0 Å². The third-order valence-corrected chi connectivity index (χ3v) is 4.40. The Bertz CT molecular complexity index is 929. The van der Waals surface area contributed by atoms with Gasteiger partial charge < -0.3 is 10.6 Å². The lowest BCUT2D eigenvalue weighted by molar-refractivity contribution is -0.114. The molecule has 1 amide bonds. The first-order chi connectivity index (χ1) is 12.7. The van der Waals surface area contributed by atoms with E-state index in [1.807, 2.05) is 48.5 Å². The summed E-state index contributed by atoms with van der Waals surface area (Å²) in [7, 11) is 0. The molecule has 1 aliphatic carbocycles. The van der Waals surface area contributed by atoms with Crippen molar-refractivity contribution in [1.82, 2.24) is 15.2 Å². The van der Waals surface area contributed by atoms with Gasteiger partial charge in [-0.05, 0) is 36.6 Å². The molecule has 0 bridgehead atoms. The number of carbonyl (C=O) groups is 1. The van der Waals surface area contributed by atoms with Crippen LogP contribution in [0.3, 0.4) is 0 Å². The molecular weight excluding hydrogens is 326 g/mol. The number of aromatic nitrogens is 3. The van der Waals surface area contributed by atoms with E-state index >= 15 is 0 Å². The quantitative estimate of drug-likeness (QED) is 0.631. The summed E-state index contributed by atoms with van der Waals surface area (Å²) in [6.45, 7) is 2.13. The lowest BCUT2D eigenvalue weighted by atomic mass is 10.1. The van der Waals surface area contributed by atoms with Crippen LogP contribution in [0.4, 0.5) is 11.4 Å². The molecule has 0 spiro atoms. The zero-order chi connectivity index (χ0) is 17.9. The minimum absolute atomic E-state index is 0.0736. The zero-order valence-corrected chi connectivity index (χ0v) is 14.6. The number of nitrogens with zero attached hydrogens (tertiary/aromatic N) is 2. The molecule has 1 fully saturated rings. The molecule has 6 heteroatoms. The van der Waals surface area contributed by atoms with Crippen molar-refractivity contribution in [2.24, 2.45) is 0 Å². The Morgan fingerprint density at radius 1 is 1.19 bits per heavy atom. The minimum atomic E-state index is -0.0736. The highest BCUT2D eigenvalue weighted by molar-refractivity contribution is 5.89. The van der Waals surface area contributed by atoms with Gasteiger partial charge in [0.05, 0.1) is 0 Å². The molecule has 0 unspecified atom stereocenters. The summed E-state index contributed by atoms with van der Waals surface area (Å²) in [5, 5.41) is 13.7. The standard InChI is InChI=1S/C20H21N5O/c1-13(26)22-18-8-3-2-5-16(18)12-21-17-7-4-6-15(11-17)20-23-19(24-25-20)14-9-10-14/h2-8,11,14,21H,9-10,12H2,1H3,(H,22,26)(H,23,24,25). The highest BCUT2D eigenvalue weighted by atomic mass is 16.1. The fourth-order valence-electron chi connectivity index (χ4n) is 2.89. The van der Waals surface area contributed by atoms with Gasteiger partial charge in [0.15, 0.2) is 5.82 Å². The SMILES string of the molecule is CC(=O)Nc1ccccc1CNc1cccc(-c2n[nH]c(C3CC3)n2)c1. The number of anilines is 2. The molecule has 6 nitrogen and oxygen atoms in total. The molecule has 1 saturated carbocycles. The number of carbonyl (C=O) groups excluding carboxylic acids is 1. The number of benzene rings is 2. The zero-order valence-electron chi connectivity index (χ0n) is 14.6. The van der Waals surface area contributed by atoms with Crippen LogP contribution in [0.15, 0.2) is 48.5 Å². The van der Waals surface area contributed by atoms with Gasteiger partial charge in [-0.15, -0.1) is 0 Å². The Morgan fingerprint density at radius 3 is 2.85 bits per heavy atom. The molecule has 1 heterocycles. The van der Waals surface area contributed by atoms with Gasteiger partial charge >= 0.3 is 0 Å². The van der Waals surface area contributed by atoms with Gasteiger partial charge in [0, 0.05) is 36.3 Å². The average molecular weight is 347 g/mol. The maximum absolute atomic E-state index is 11.3. The molecule has 1 aromatic heterocycles. The van der Waals surface area contributed by atoms with Crippen molar-refractivity contribution >= 4 is 17.3 Å². The summed E-state index contributed by atoms with van der Waals surface area (Å²) in [4.78, 5) is 16.0. The van der Waals surface area contributed by atoms with E-state index < -0.39 is 0 Å². The Morgan fingerprint density at radius 2 is 2.04 bits per heavy atom. The van der Waals surface area contributed by atoms with E-state index in [0.29, 0.717) is 12.5 Å².